The zero-order valence-corrected chi connectivity index (χ0v) is 17.9. The van der Waals surface area contributed by atoms with Crippen LogP contribution in [0.25, 0.3) is 10.2 Å². The lowest BCUT2D eigenvalue weighted by molar-refractivity contribution is -0.178. The summed E-state index contributed by atoms with van der Waals surface area (Å²) in [5.74, 6) is 1.81. The first-order chi connectivity index (χ1) is 14.2. The Hall–Kier alpha value is -1.94. The monoisotopic (exact) mass is 432 g/mol. The number of hydrogen-bond donors (Lipinski definition) is 1. The molecule has 1 aromatic carbocycles. The number of thioether (sulfide) groups is 1. The molecule has 0 saturated carbocycles. The molecule has 3 heterocycles. The highest BCUT2D eigenvalue weighted by Gasteiger charge is 2.14. The Bertz CT molecular complexity index is 966. The summed E-state index contributed by atoms with van der Waals surface area (Å²) in [5.41, 5.74) is 1.75. The molecule has 1 saturated heterocycles. The van der Waals surface area contributed by atoms with Gasteiger partial charge in [0.2, 0.25) is 5.91 Å². The van der Waals surface area contributed by atoms with E-state index in [1.54, 1.807) is 29.3 Å². The van der Waals surface area contributed by atoms with Crippen molar-refractivity contribution in [1.29, 1.82) is 0 Å². The number of fused-ring (bicyclic) bond motifs is 1. The predicted molar refractivity (Wildman–Crippen MR) is 115 cm³/mol. The number of hydrogen-bond acceptors (Lipinski definition) is 7. The molecule has 29 heavy (non-hydrogen) atoms. The first-order valence-electron chi connectivity index (χ1n) is 9.71. The maximum absolute atomic E-state index is 12.3. The molecule has 1 N–H and O–H groups in total. The predicted octanol–water partition coefficient (Wildman–Crippen LogP) is 4.08. The van der Waals surface area contributed by atoms with E-state index < -0.39 is 0 Å². The van der Waals surface area contributed by atoms with Crippen molar-refractivity contribution in [2.24, 2.45) is 0 Å². The van der Waals surface area contributed by atoms with Crippen molar-refractivity contribution < 1.29 is 14.3 Å². The Morgan fingerprint density at radius 2 is 2.24 bits per heavy atom. The van der Waals surface area contributed by atoms with Gasteiger partial charge >= 0.3 is 0 Å². The van der Waals surface area contributed by atoms with Crippen LogP contribution in [0.4, 0.5) is 5.69 Å². The molecule has 1 aliphatic heterocycles. The fourth-order valence-electron chi connectivity index (χ4n) is 3.07. The molecule has 0 spiro atoms. The molecule has 0 unspecified atom stereocenters. The van der Waals surface area contributed by atoms with E-state index in [0.29, 0.717) is 13.0 Å². The molecule has 0 aliphatic carbocycles. The van der Waals surface area contributed by atoms with Crippen LogP contribution < -0.4 is 5.32 Å². The third-order valence-electron chi connectivity index (χ3n) is 4.63. The average molecular weight is 433 g/mol. The highest BCUT2D eigenvalue weighted by atomic mass is 32.2. The minimum atomic E-state index is -0.0847. The average Bonchev–Trinajstić information content (AvgIpc) is 3.32. The first-order valence-corrected chi connectivity index (χ1v) is 11.5. The molecule has 4 rings (SSSR count). The summed E-state index contributed by atoms with van der Waals surface area (Å²) in [4.78, 5) is 21.1. The third-order valence-corrected chi connectivity index (χ3v) is 6.83. The largest absolute Gasteiger partial charge is 0.353 e. The topological polar surface area (TPSA) is 78.3 Å². The molecule has 0 atom stereocenters. The van der Waals surface area contributed by atoms with Gasteiger partial charge in [-0.1, -0.05) is 11.8 Å². The summed E-state index contributed by atoms with van der Waals surface area (Å²) < 4.78 is 15.2. The van der Waals surface area contributed by atoms with Crippen LogP contribution in [0.1, 0.15) is 25.1 Å². The normalized spacial score (nSPS) is 15.1. The van der Waals surface area contributed by atoms with Crippen LogP contribution in [0.2, 0.25) is 0 Å². The number of imidazole rings is 1. The highest BCUT2D eigenvalue weighted by molar-refractivity contribution is 8.01. The Balaban J connectivity index is 1.29. The molecule has 9 heteroatoms. The Kier molecular flexibility index (Phi) is 6.81. The van der Waals surface area contributed by atoms with E-state index in [2.05, 4.69) is 15.3 Å². The second kappa shape index (κ2) is 9.71. The van der Waals surface area contributed by atoms with E-state index in [0.717, 1.165) is 57.9 Å². The fourth-order valence-corrected chi connectivity index (χ4v) is 5.21. The van der Waals surface area contributed by atoms with E-state index in [-0.39, 0.29) is 12.2 Å². The van der Waals surface area contributed by atoms with Crippen molar-refractivity contribution in [1.82, 2.24) is 14.5 Å². The molecular formula is C20H24N4O3S2. The van der Waals surface area contributed by atoms with Crippen LogP contribution in [0.3, 0.4) is 0 Å². The second-order valence-corrected chi connectivity index (χ2v) is 9.16. The zero-order valence-electron chi connectivity index (χ0n) is 16.3. The van der Waals surface area contributed by atoms with Gasteiger partial charge in [-0.05, 0) is 31.5 Å². The number of nitrogens with one attached hydrogen (secondary N) is 1. The standard InChI is InChI=1S/C20H24N4O3S2/c1-14-21-7-9-24(14)8-5-18(25)22-15-3-4-16-17(13-15)29-20(23-16)28-12-6-19-26-10-2-11-27-19/h3-4,7,9,13,19H,2,5-6,8,10-12H2,1H3,(H,22,25). The lowest BCUT2D eigenvalue weighted by Crippen LogP contribution is -2.25. The van der Waals surface area contributed by atoms with Crippen molar-refractivity contribution >= 4 is 44.9 Å². The number of amides is 1. The number of benzene rings is 1. The van der Waals surface area contributed by atoms with Gasteiger partial charge in [0.05, 0.1) is 23.4 Å². The van der Waals surface area contributed by atoms with Gasteiger partial charge in [-0.2, -0.15) is 0 Å². The van der Waals surface area contributed by atoms with E-state index in [1.165, 1.54) is 0 Å². The zero-order chi connectivity index (χ0) is 20.1. The van der Waals surface area contributed by atoms with Crippen LogP contribution in [0, 0.1) is 6.92 Å². The molecule has 0 radical (unpaired) electrons. The van der Waals surface area contributed by atoms with E-state index in [4.69, 9.17) is 9.47 Å². The molecule has 1 fully saturated rings. The van der Waals surface area contributed by atoms with Gasteiger partial charge in [-0.3, -0.25) is 4.79 Å². The van der Waals surface area contributed by atoms with Crippen LogP contribution in [-0.4, -0.2) is 45.7 Å². The number of carbonyl (C=O) groups excluding carboxylic acids is 1. The van der Waals surface area contributed by atoms with Gasteiger partial charge in [0.1, 0.15) is 5.82 Å². The summed E-state index contributed by atoms with van der Waals surface area (Å²) in [7, 11) is 0. The number of aromatic nitrogens is 3. The minimum Gasteiger partial charge on any atom is -0.353 e. The SMILES string of the molecule is Cc1nccn1CCC(=O)Nc1ccc2nc(SCCC3OCCCO3)sc2c1. The number of carbonyl (C=O) groups is 1. The van der Waals surface area contributed by atoms with Gasteiger partial charge in [0.15, 0.2) is 10.6 Å². The van der Waals surface area contributed by atoms with Gasteiger partial charge in [-0.15, -0.1) is 11.3 Å². The van der Waals surface area contributed by atoms with Gasteiger partial charge in [-0.25, -0.2) is 9.97 Å². The van der Waals surface area contributed by atoms with Crippen LogP contribution in [0.5, 0.6) is 0 Å². The lowest BCUT2D eigenvalue weighted by Gasteiger charge is -2.22. The number of rotatable bonds is 8. The van der Waals surface area contributed by atoms with E-state index in [9.17, 15) is 4.79 Å². The van der Waals surface area contributed by atoms with Crippen molar-refractivity contribution in [3.05, 3.63) is 36.4 Å². The summed E-state index contributed by atoms with van der Waals surface area (Å²) in [6, 6.07) is 5.85. The second-order valence-electron chi connectivity index (χ2n) is 6.79. The van der Waals surface area contributed by atoms with E-state index in [1.807, 2.05) is 35.9 Å². The molecule has 3 aromatic rings. The molecule has 1 amide bonds. The van der Waals surface area contributed by atoms with Gasteiger partial charge < -0.3 is 19.4 Å². The number of ether oxygens (including phenoxy) is 2. The van der Waals surface area contributed by atoms with Gasteiger partial charge in [0.25, 0.3) is 0 Å². The smallest absolute Gasteiger partial charge is 0.226 e. The Morgan fingerprint density at radius 3 is 3.03 bits per heavy atom. The Morgan fingerprint density at radius 1 is 1.38 bits per heavy atom. The number of nitrogens with zero attached hydrogens (tertiary/aromatic N) is 3. The summed E-state index contributed by atoms with van der Waals surface area (Å²) in [6.07, 6.45) is 5.79. The number of anilines is 1. The molecule has 0 bridgehead atoms. The molecular weight excluding hydrogens is 408 g/mol. The third kappa shape index (κ3) is 5.57. The highest BCUT2D eigenvalue weighted by Crippen LogP contribution is 2.32. The molecule has 7 nitrogen and oxygen atoms in total. The molecule has 2 aromatic heterocycles. The number of aryl methyl sites for hydroxylation is 2. The quantitative estimate of drug-likeness (QED) is 0.541. The van der Waals surface area contributed by atoms with Crippen LogP contribution in [0.15, 0.2) is 34.9 Å². The summed E-state index contributed by atoms with van der Waals surface area (Å²) >= 11 is 3.36. The minimum absolute atomic E-state index is 0.0101. The van der Waals surface area contributed by atoms with Crippen LogP contribution >= 0.6 is 23.1 Å². The van der Waals surface area contributed by atoms with Crippen LogP contribution in [-0.2, 0) is 20.8 Å². The lowest BCUT2D eigenvalue weighted by atomic mass is 10.3. The Labute approximate surface area is 177 Å². The van der Waals surface area contributed by atoms with Crippen molar-refractivity contribution in [2.75, 3.05) is 24.3 Å². The first kappa shape index (κ1) is 20.3. The summed E-state index contributed by atoms with van der Waals surface area (Å²) in [5, 5.41) is 2.98. The number of thiazole rings is 1. The van der Waals surface area contributed by atoms with Gasteiger partial charge in [0, 0.05) is 43.2 Å². The molecule has 1 aliphatic rings. The van der Waals surface area contributed by atoms with Crippen molar-refractivity contribution in [3.8, 4) is 0 Å². The summed E-state index contributed by atoms with van der Waals surface area (Å²) in [6.45, 7) is 4.12. The van der Waals surface area contributed by atoms with Crippen molar-refractivity contribution in [2.45, 2.75) is 43.4 Å². The molecule has 154 valence electrons. The van der Waals surface area contributed by atoms with E-state index >= 15 is 0 Å². The maximum Gasteiger partial charge on any atom is 0.226 e. The fraction of sp³-hybridized carbons (Fsp3) is 0.450. The van der Waals surface area contributed by atoms with Crippen molar-refractivity contribution in [3.63, 3.8) is 0 Å². The maximum atomic E-state index is 12.3.